The Balaban J connectivity index is 1.18. The maximum atomic E-state index is 2.46. The lowest BCUT2D eigenvalue weighted by Crippen LogP contribution is -1.95. The molecule has 0 unspecified atom stereocenters. The zero-order chi connectivity index (χ0) is 40.4. The van der Waals surface area contributed by atoms with E-state index in [0.717, 1.165) is 0 Å². The van der Waals surface area contributed by atoms with Crippen LogP contribution in [-0.2, 0) is 0 Å². The first-order valence-electron chi connectivity index (χ1n) is 21.4. The van der Waals surface area contributed by atoms with Gasteiger partial charge in [0.25, 0.3) is 0 Å². The number of hydrogen-bond acceptors (Lipinski definition) is 0. The van der Waals surface area contributed by atoms with E-state index in [1.54, 1.807) is 0 Å². The highest BCUT2D eigenvalue weighted by Crippen LogP contribution is 2.46. The maximum Gasteiger partial charge on any atom is -0.00261 e. The molecule has 0 fully saturated rings. The molecule has 10 aromatic carbocycles. The molecule has 0 nitrogen and oxygen atoms in total. The number of hydrogen-bond donors (Lipinski definition) is 0. The SMILES string of the molecule is CC(C)c1cc(-c2c3ccccc3c(-c3ccc(-c4ccc(C(C)C)c5ccccc45)cc3)c3ccccc23)cc(-c2cc3cc(C(C)C)ccc3c3ccccc23)c1. The Labute approximate surface area is 348 Å². The zero-order valence-corrected chi connectivity index (χ0v) is 35.0. The average molecular weight is 759 g/mol. The van der Waals surface area contributed by atoms with Crippen molar-refractivity contribution in [1.29, 1.82) is 0 Å². The summed E-state index contributed by atoms with van der Waals surface area (Å²) in [6.45, 7) is 13.8. The molecule has 10 aromatic rings. The largest absolute Gasteiger partial charge is 0.0616 e. The fraction of sp³-hybridized carbons (Fsp3) is 0.153. The number of fused-ring (bicyclic) bond motifs is 6. The van der Waals surface area contributed by atoms with E-state index in [4.69, 9.17) is 0 Å². The average Bonchev–Trinajstić information content (AvgIpc) is 3.27. The van der Waals surface area contributed by atoms with Crippen LogP contribution in [0.15, 0.2) is 176 Å². The van der Waals surface area contributed by atoms with E-state index < -0.39 is 0 Å². The van der Waals surface area contributed by atoms with Crippen LogP contribution in [0.3, 0.4) is 0 Å². The van der Waals surface area contributed by atoms with Gasteiger partial charge in [-0.25, -0.2) is 0 Å². The second-order valence-corrected chi connectivity index (χ2v) is 17.4. The molecule has 0 aromatic heterocycles. The lowest BCUT2D eigenvalue weighted by atomic mass is 9.83. The first kappa shape index (κ1) is 36.8. The van der Waals surface area contributed by atoms with Gasteiger partial charge in [0, 0.05) is 0 Å². The van der Waals surface area contributed by atoms with E-state index in [-0.39, 0.29) is 0 Å². The summed E-state index contributed by atoms with van der Waals surface area (Å²) in [5.74, 6) is 1.30. The van der Waals surface area contributed by atoms with Crippen LogP contribution in [0.25, 0.3) is 98.4 Å². The lowest BCUT2D eigenvalue weighted by Gasteiger charge is -2.20. The molecule has 0 heteroatoms. The Morgan fingerprint density at radius 3 is 1.34 bits per heavy atom. The van der Waals surface area contributed by atoms with Crippen LogP contribution >= 0.6 is 0 Å². The zero-order valence-electron chi connectivity index (χ0n) is 35.0. The Hall–Kier alpha value is -6.50. The van der Waals surface area contributed by atoms with Crippen molar-refractivity contribution >= 4 is 53.9 Å². The van der Waals surface area contributed by atoms with E-state index in [9.17, 15) is 0 Å². The molecule has 0 aliphatic rings. The van der Waals surface area contributed by atoms with E-state index in [1.165, 1.54) is 115 Å². The smallest absolute Gasteiger partial charge is 0.00261 e. The summed E-state index contributed by atoms with van der Waals surface area (Å²) >= 11 is 0. The predicted octanol–water partition coefficient (Wildman–Crippen LogP) is 17.5. The van der Waals surface area contributed by atoms with E-state index in [0.29, 0.717) is 17.8 Å². The third-order valence-electron chi connectivity index (χ3n) is 12.8. The van der Waals surface area contributed by atoms with E-state index in [2.05, 4.69) is 217 Å². The summed E-state index contributed by atoms with van der Waals surface area (Å²) in [7, 11) is 0. The van der Waals surface area contributed by atoms with E-state index in [1.807, 2.05) is 0 Å². The molecule has 0 bridgehead atoms. The molecule has 0 N–H and O–H groups in total. The molecular formula is C59H50. The van der Waals surface area contributed by atoms with Gasteiger partial charge in [0.15, 0.2) is 0 Å². The van der Waals surface area contributed by atoms with Crippen molar-refractivity contribution in [3.8, 4) is 44.5 Å². The molecule has 0 saturated carbocycles. The molecule has 286 valence electrons. The van der Waals surface area contributed by atoms with Crippen molar-refractivity contribution < 1.29 is 0 Å². The molecule has 0 amide bonds. The van der Waals surface area contributed by atoms with Crippen LogP contribution < -0.4 is 0 Å². The first-order chi connectivity index (χ1) is 28.7. The summed E-state index contributed by atoms with van der Waals surface area (Å²) in [5, 5.41) is 13.0. The van der Waals surface area contributed by atoms with Crippen molar-refractivity contribution in [3.05, 3.63) is 193 Å². The Morgan fingerprint density at radius 2 is 0.763 bits per heavy atom. The minimum absolute atomic E-state index is 0.363. The van der Waals surface area contributed by atoms with Gasteiger partial charge >= 0.3 is 0 Å². The normalized spacial score (nSPS) is 12.0. The Morgan fingerprint density at radius 1 is 0.271 bits per heavy atom. The van der Waals surface area contributed by atoms with Gasteiger partial charge in [0.1, 0.15) is 0 Å². The van der Waals surface area contributed by atoms with Crippen molar-refractivity contribution in [1.82, 2.24) is 0 Å². The quantitative estimate of drug-likeness (QED) is 0.112. The molecule has 0 spiro atoms. The number of rotatable bonds is 7. The topological polar surface area (TPSA) is 0 Å². The minimum atomic E-state index is 0.363. The fourth-order valence-electron chi connectivity index (χ4n) is 9.66. The lowest BCUT2D eigenvalue weighted by molar-refractivity contribution is 0.867. The first-order valence-corrected chi connectivity index (χ1v) is 21.4. The minimum Gasteiger partial charge on any atom is -0.0616 e. The standard InChI is InChI=1S/C59H50/c1-36(2)41-27-28-48-44(31-41)35-57(52-18-10-9-17-51(48)52)43-32-42(37(3)4)33-45(34-43)59-55-21-13-11-19-53(55)58(54-20-12-14-22-56(54)59)40-25-23-39(24-26-40)47-30-29-46(38(5)6)49-15-7-8-16-50(47)49/h7-38H,1-6H3. The summed E-state index contributed by atoms with van der Waals surface area (Å²) in [6, 6.07) is 66.7. The second kappa shape index (κ2) is 14.7. The van der Waals surface area contributed by atoms with Crippen LogP contribution in [0.2, 0.25) is 0 Å². The molecule has 0 atom stereocenters. The molecule has 0 radical (unpaired) electrons. The van der Waals surface area contributed by atoms with Crippen LogP contribution in [0, 0.1) is 0 Å². The predicted molar refractivity (Wildman–Crippen MR) is 258 cm³/mol. The van der Waals surface area contributed by atoms with E-state index >= 15 is 0 Å². The third kappa shape index (κ3) is 6.30. The van der Waals surface area contributed by atoms with Crippen molar-refractivity contribution in [2.45, 2.75) is 59.3 Å². The highest BCUT2D eigenvalue weighted by molar-refractivity contribution is 6.22. The molecular weight excluding hydrogens is 709 g/mol. The van der Waals surface area contributed by atoms with Crippen LogP contribution in [0.1, 0.15) is 76.0 Å². The molecule has 0 heterocycles. The molecule has 10 rings (SSSR count). The van der Waals surface area contributed by atoms with Gasteiger partial charge in [0.05, 0.1) is 0 Å². The molecule has 0 aliphatic carbocycles. The highest BCUT2D eigenvalue weighted by Gasteiger charge is 2.20. The fourth-order valence-corrected chi connectivity index (χ4v) is 9.66. The van der Waals surface area contributed by atoms with Crippen LogP contribution in [-0.4, -0.2) is 0 Å². The maximum absolute atomic E-state index is 2.46. The molecule has 59 heavy (non-hydrogen) atoms. The van der Waals surface area contributed by atoms with Crippen LogP contribution in [0.4, 0.5) is 0 Å². The van der Waals surface area contributed by atoms with Gasteiger partial charge in [-0.05, 0) is 145 Å². The molecule has 0 aliphatic heterocycles. The second-order valence-electron chi connectivity index (χ2n) is 17.4. The summed E-state index contributed by atoms with van der Waals surface area (Å²) in [4.78, 5) is 0. The van der Waals surface area contributed by atoms with Gasteiger partial charge in [-0.3, -0.25) is 0 Å². The van der Waals surface area contributed by atoms with Crippen LogP contribution in [0.5, 0.6) is 0 Å². The van der Waals surface area contributed by atoms with Gasteiger partial charge in [-0.1, -0.05) is 205 Å². The van der Waals surface area contributed by atoms with Gasteiger partial charge in [-0.15, -0.1) is 0 Å². The summed E-state index contributed by atoms with van der Waals surface area (Å²) in [5.41, 5.74) is 14.3. The Kier molecular flexibility index (Phi) is 9.18. The van der Waals surface area contributed by atoms with Crippen molar-refractivity contribution in [2.75, 3.05) is 0 Å². The van der Waals surface area contributed by atoms with Crippen molar-refractivity contribution in [3.63, 3.8) is 0 Å². The summed E-state index contributed by atoms with van der Waals surface area (Å²) < 4.78 is 0. The molecule has 0 saturated heterocycles. The number of benzene rings is 10. The summed E-state index contributed by atoms with van der Waals surface area (Å²) in [6.07, 6.45) is 0. The highest BCUT2D eigenvalue weighted by atomic mass is 14.2. The Bertz CT molecular complexity index is 3170. The van der Waals surface area contributed by atoms with Gasteiger partial charge in [0.2, 0.25) is 0 Å². The van der Waals surface area contributed by atoms with Gasteiger partial charge < -0.3 is 0 Å². The van der Waals surface area contributed by atoms with Gasteiger partial charge in [-0.2, -0.15) is 0 Å². The monoisotopic (exact) mass is 758 g/mol. The third-order valence-corrected chi connectivity index (χ3v) is 12.8. The van der Waals surface area contributed by atoms with Crippen molar-refractivity contribution in [2.24, 2.45) is 0 Å².